The van der Waals surface area contributed by atoms with E-state index in [-0.39, 0.29) is 22.9 Å². The van der Waals surface area contributed by atoms with Crippen LogP contribution in [-0.2, 0) is 15.6 Å². The third-order valence-electron chi connectivity index (χ3n) is 1.66. The highest BCUT2D eigenvalue weighted by Gasteiger charge is 2.19. The predicted molar refractivity (Wildman–Crippen MR) is 55.2 cm³/mol. The van der Waals surface area contributed by atoms with Gasteiger partial charge in [-0.2, -0.15) is 0 Å². The maximum Gasteiger partial charge on any atom is 0.527 e. The summed E-state index contributed by atoms with van der Waals surface area (Å²) in [6.45, 7) is -0.345. The van der Waals surface area contributed by atoms with Gasteiger partial charge in [0.15, 0.2) is 0 Å². The second-order valence-corrected chi connectivity index (χ2v) is 3.18. The zero-order valence-corrected chi connectivity index (χ0v) is 9.20. The first kappa shape index (κ1) is 12.5. The summed E-state index contributed by atoms with van der Waals surface area (Å²) in [5.74, 6) is 0. The molecule has 86 valence electrons. The van der Waals surface area contributed by atoms with Gasteiger partial charge in [0.1, 0.15) is 23.5 Å². The molecule has 0 aromatic heterocycles. The number of hydrogen-bond donors (Lipinski definition) is 0. The van der Waals surface area contributed by atoms with Crippen molar-refractivity contribution in [3.05, 3.63) is 38.9 Å². The Morgan fingerprint density at radius 1 is 1.50 bits per heavy atom. The second kappa shape index (κ2) is 5.53. The van der Waals surface area contributed by atoms with E-state index in [4.69, 9.17) is 23.5 Å². The maximum absolute atomic E-state index is 10.7. The summed E-state index contributed by atoms with van der Waals surface area (Å²) in [7, 11) is 0. The molecule has 0 bridgehead atoms. The Kier molecular flexibility index (Phi) is 4.33. The lowest BCUT2D eigenvalue weighted by atomic mass is 10.2. The molecule has 0 saturated heterocycles. The van der Waals surface area contributed by atoms with Crippen LogP contribution >= 0.6 is 23.5 Å². The molecule has 1 rings (SSSR count). The minimum absolute atomic E-state index is 0.0367. The normalized spacial score (nSPS) is 9.62. The molecule has 0 aliphatic heterocycles. The molecular weight excluding hydrogens is 261 g/mol. The molecule has 0 unspecified atom stereocenters. The van der Waals surface area contributed by atoms with Gasteiger partial charge in [0, 0.05) is 0 Å². The van der Waals surface area contributed by atoms with Crippen LogP contribution in [0, 0.1) is 10.1 Å². The van der Waals surface area contributed by atoms with Crippen molar-refractivity contribution in [2.75, 3.05) is 0 Å². The van der Waals surface area contributed by atoms with Gasteiger partial charge in [-0.05, 0) is 12.1 Å². The van der Waals surface area contributed by atoms with E-state index in [1.54, 1.807) is 0 Å². The fraction of sp³-hybridized carbons (Fsp3) is 0.125. The van der Waals surface area contributed by atoms with Crippen molar-refractivity contribution in [1.29, 1.82) is 0 Å². The fourth-order valence-corrected chi connectivity index (χ4v) is 1.35. The monoisotopic (exact) mass is 265 g/mol. The maximum atomic E-state index is 10.7. The van der Waals surface area contributed by atoms with Gasteiger partial charge in [-0.1, -0.05) is 17.7 Å². The van der Waals surface area contributed by atoms with Crippen molar-refractivity contribution >= 4 is 35.3 Å². The molecular formula is C8H5Cl2NO5. The van der Waals surface area contributed by atoms with Gasteiger partial charge in [0.2, 0.25) is 0 Å². The Hall–Kier alpha value is -1.53. The third-order valence-corrected chi connectivity index (χ3v) is 2.09. The van der Waals surface area contributed by atoms with Crippen LogP contribution in [0.3, 0.4) is 0 Å². The Morgan fingerprint density at radius 3 is 2.75 bits per heavy atom. The molecule has 0 atom stereocenters. The largest absolute Gasteiger partial charge is 0.527 e. The topological polar surface area (TPSA) is 78.7 Å². The van der Waals surface area contributed by atoms with E-state index in [0.717, 1.165) is 0 Å². The number of benzene rings is 1. The summed E-state index contributed by atoms with van der Waals surface area (Å²) in [5, 5.41) is 10.6. The number of hydrogen-bond acceptors (Lipinski definition) is 5. The number of nitro benzene ring substituents is 1. The second-order valence-electron chi connectivity index (χ2n) is 2.62. The van der Waals surface area contributed by atoms with Crippen molar-refractivity contribution in [1.82, 2.24) is 0 Å². The van der Waals surface area contributed by atoms with Gasteiger partial charge in [-0.3, -0.25) is 10.1 Å². The number of carbonyl (C=O) groups is 1. The number of halogens is 2. The molecule has 0 aliphatic carbocycles. The van der Waals surface area contributed by atoms with Crippen molar-refractivity contribution in [2.45, 2.75) is 6.61 Å². The summed E-state index contributed by atoms with van der Waals surface area (Å²) in [4.78, 5) is 20.6. The van der Waals surface area contributed by atoms with Gasteiger partial charge in [-0.15, -0.1) is 0 Å². The Balaban J connectivity index is 2.91. The highest BCUT2D eigenvalue weighted by Crippen LogP contribution is 2.28. The number of nitro groups is 1. The summed E-state index contributed by atoms with van der Waals surface area (Å²) >= 11 is 10.4. The average Bonchev–Trinajstić information content (AvgIpc) is 2.25. The lowest BCUT2D eigenvalue weighted by molar-refractivity contribution is -0.385. The highest BCUT2D eigenvalue weighted by molar-refractivity contribution is 6.32. The standard InChI is InChI=1S/C8H5Cl2NO5/c9-6-3-1-2-5(7(6)11(13)14)4-15-8(12)16-10/h1-3H,4H2. The first-order valence-corrected chi connectivity index (χ1v) is 4.62. The molecule has 0 radical (unpaired) electrons. The van der Waals surface area contributed by atoms with Crippen LogP contribution in [0.25, 0.3) is 0 Å². The number of ether oxygens (including phenoxy) is 1. The number of carbonyl (C=O) groups excluding carboxylic acids is 1. The van der Waals surface area contributed by atoms with Gasteiger partial charge in [0.25, 0.3) is 5.69 Å². The van der Waals surface area contributed by atoms with Crippen molar-refractivity contribution in [2.24, 2.45) is 0 Å². The molecule has 0 N–H and O–H groups in total. The zero-order chi connectivity index (χ0) is 12.1. The molecule has 8 heteroatoms. The highest BCUT2D eigenvalue weighted by atomic mass is 35.5. The minimum Gasteiger partial charge on any atom is -0.428 e. The van der Waals surface area contributed by atoms with Crippen LogP contribution in [0.2, 0.25) is 5.02 Å². The predicted octanol–water partition coefficient (Wildman–Crippen LogP) is 3.06. The fourth-order valence-electron chi connectivity index (χ4n) is 1.04. The van der Waals surface area contributed by atoms with Gasteiger partial charge in [0.05, 0.1) is 10.5 Å². The van der Waals surface area contributed by atoms with Crippen molar-refractivity contribution in [3.63, 3.8) is 0 Å². The summed E-state index contributed by atoms with van der Waals surface area (Å²) in [6.07, 6.45) is -1.14. The van der Waals surface area contributed by atoms with E-state index in [2.05, 4.69) is 9.03 Å². The first-order valence-electron chi connectivity index (χ1n) is 3.93. The van der Waals surface area contributed by atoms with Crippen LogP contribution in [0.1, 0.15) is 5.56 Å². The average molecular weight is 266 g/mol. The molecule has 1 aromatic carbocycles. The molecule has 1 aromatic rings. The van der Waals surface area contributed by atoms with Gasteiger partial charge >= 0.3 is 6.16 Å². The summed E-state index contributed by atoms with van der Waals surface area (Å²) < 4.78 is 8.18. The smallest absolute Gasteiger partial charge is 0.428 e. The molecule has 0 amide bonds. The number of rotatable bonds is 3. The molecule has 0 saturated carbocycles. The van der Waals surface area contributed by atoms with E-state index in [9.17, 15) is 14.9 Å². The van der Waals surface area contributed by atoms with Crippen LogP contribution in [0.5, 0.6) is 0 Å². The molecule has 0 heterocycles. The molecule has 0 aliphatic rings. The summed E-state index contributed by atoms with van der Waals surface area (Å²) in [5.41, 5.74) is -0.161. The van der Waals surface area contributed by atoms with E-state index in [1.807, 2.05) is 0 Å². The Morgan fingerprint density at radius 2 is 2.19 bits per heavy atom. The van der Waals surface area contributed by atoms with Crippen LogP contribution < -0.4 is 0 Å². The zero-order valence-electron chi connectivity index (χ0n) is 7.68. The molecule has 6 nitrogen and oxygen atoms in total. The van der Waals surface area contributed by atoms with E-state index in [0.29, 0.717) is 0 Å². The molecule has 0 fully saturated rings. The van der Waals surface area contributed by atoms with Crippen LogP contribution in [0.15, 0.2) is 18.2 Å². The van der Waals surface area contributed by atoms with E-state index >= 15 is 0 Å². The summed E-state index contributed by atoms with van der Waals surface area (Å²) in [6, 6.07) is 4.27. The number of para-hydroxylation sites is 1. The number of nitrogens with zero attached hydrogens (tertiary/aromatic N) is 1. The van der Waals surface area contributed by atoms with Crippen LogP contribution in [0.4, 0.5) is 10.5 Å². The quantitative estimate of drug-likeness (QED) is 0.477. The molecule has 16 heavy (non-hydrogen) atoms. The first-order chi connectivity index (χ1) is 7.56. The third kappa shape index (κ3) is 2.98. The van der Waals surface area contributed by atoms with E-state index in [1.165, 1.54) is 18.2 Å². The van der Waals surface area contributed by atoms with Crippen molar-refractivity contribution < 1.29 is 18.7 Å². The van der Waals surface area contributed by atoms with Crippen molar-refractivity contribution in [3.8, 4) is 0 Å². The lowest BCUT2D eigenvalue weighted by Crippen LogP contribution is -2.04. The van der Waals surface area contributed by atoms with E-state index < -0.39 is 11.1 Å². The van der Waals surface area contributed by atoms with Gasteiger partial charge < -0.3 is 9.03 Å². The molecule has 0 spiro atoms. The minimum atomic E-state index is -1.14. The SMILES string of the molecule is O=C(OCl)OCc1cccc(Cl)c1[N+](=O)[O-]. The lowest BCUT2D eigenvalue weighted by Gasteiger charge is -2.04. The Bertz CT molecular complexity index is 423. The van der Waals surface area contributed by atoms with Gasteiger partial charge in [-0.25, -0.2) is 4.79 Å². The Labute approximate surface area is 100.0 Å². The van der Waals surface area contributed by atoms with Crippen LogP contribution in [-0.4, -0.2) is 11.1 Å².